The van der Waals surface area contributed by atoms with Gasteiger partial charge in [0, 0.05) is 12.7 Å². The lowest BCUT2D eigenvalue weighted by Crippen LogP contribution is -2.14. The summed E-state index contributed by atoms with van der Waals surface area (Å²) in [4.78, 5) is 19.0. The average Bonchev–Trinajstić information content (AvgIpc) is 3.30. The van der Waals surface area contributed by atoms with Crippen LogP contribution in [-0.2, 0) is 13.5 Å². The first-order valence-corrected chi connectivity index (χ1v) is 9.74. The van der Waals surface area contributed by atoms with Crippen molar-refractivity contribution in [2.75, 3.05) is 5.32 Å². The lowest BCUT2D eigenvalue weighted by atomic mass is 10.1. The van der Waals surface area contributed by atoms with Gasteiger partial charge in [0.15, 0.2) is 5.65 Å². The maximum absolute atomic E-state index is 13.2. The minimum absolute atomic E-state index is 0.141. The van der Waals surface area contributed by atoms with Crippen LogP contribution in [0.25, 0.3) is 21.6 Å². The van der Waals surface area contributed by atoms with Crippen LogP contribution in [0.3, 0.4) is 0 Å². The largest absolute Gasteiger partial charge is 0.322 e. The fourth-order valence-electron chi connectivity index (χ4n) is 3.31. The summed E-state index contributed by atoms with van der Waals surface area (Å²) in [5.74, 6) is -0.141. The lowest BCUT2D eigenvalue weighted by Gasteiger charge is -2.11. The van der Waals surface area contributed by atoms with Gasteiger partial charge in [-0.05, 0) is 42.5 Å². The number of amides is 1. The minimum Gasteiger partial charge on any atom is -0.322 e. The highest BCUT2D eigenvalue weighted by molar-refractivity contribution is 7.13. The van der Waals surface area contributed by atoms with E-state index in [0.717, 1.165) is 39.3 Å². The fraction of sp³-hybridized carbons (Fsp3) is 0.190. The van der Waals surface area contributed by atoms with Crippen molar-refractivity contribution in [1.29, 1.82) is 0 Å². The highest BCUT2D eigenvalue weighted by atomic mass is 32.1. The maximum Gasteiger partial charge on any atom is 0.256 e. The van der Waals surface area contributed by atoms with E-state index in [1.54, 1.807) is 16.0 Å². The Labute approximate surface area is 161 Å². The van der Waals surface area contributed by atoms with E-state index in [1.165, 1.54) is 0 Å². The molecule has 4 aromatic rings. The van der Waals surface area contributed by atoms with Gasteiger partial charge >= 0.3 is 0 Å². The predicted molar refractivity (Wildman–Crippen MR) is 110 cm³/mol. The Morgan fingerprint density at radius 2 is 2.04 bits per heavy atom. The summed E-state index contributed by atoms with van der Waals surface area (Å²) in [5.41, 5.74) is 4.85. The van der Waals surface area contributed by atoms with Crippen molar-refractivity contribution < 1.29 is 4.79 Å². The van der Waals surface area contributed by atoms with Gasteiger partial charge in [-0.2, -0.15) is 5.10 Å². The van der Waals surface area contributed by atoms with Crippen molar-refractivity contribution in [3.63, 3.8) is 0 Å². The zero-order valence-corrected chi connectivity index (χ0v) is 16.3. The number of anilines is 1. The van der Waals surface area contributed by atoms with Crippen molar-refractivity contribution >= 4 is 34.0 Å². The summed E-state index contributed by atoms with van der Waals surface area (Å²) >= 11 is 1.60. The number of benzene rings is 1. The number of para-hydroxylation sites is 1. The molecule has 0 aliphatic rings. The number of thiophene rings is 1. The molecule has 0 unspecified atom stereocenters. The van der Waals surface area contributed by atoms with Crippen LogP contribution in [0, 0.1) is 6.92 Å². The number of carbonyl (C=O) groups excluding carboxylic acids is 1. The molecule has 1 aromatic carbocycles. The maximum atomic E-state index is 13.2. The standard InChI is InChI=1S/C21H20N4OS/c1-4-14-8-5-6-9-16(14)23-21(26)15-12-17(18-10-7-11-27-18)22-20-19(15)13(2)24-25(20)3/h5-12H,4H2,1-3H3,(H,23,26). The molecular weight excluding hydrogens is 356 g/mol. The highest BCUT2D eigenvalue weighted by Crippen LogP contribution is 2.30. The fourth-order valence-corrected chi connectivity index (χ4v) is 4.00. The normalized spacial score (nSPS) is 11.1. The number of rotatable bonds is 4. The molecule has 0 radical (unpaired) electrons. The van der Waals surface area contributed by atoms with Crippen LogP contribution in [0.15, 0.2) is 47.8 Å². The second-order valence-corrected chi connectivity index (χ2v) is 7.35. The first-order valence-electron chi connectivity index (χ1n) is 8.86. The first-order chi connectivity index (χ1) is 13.1. The molecule has 136 valence electrons. The molecule has 0 atom stereocenters. The monoisotopic (exact) mass is 376 g/mol. The van der Waals surface area contributed by atoms with Gasteiger partial charge in [-0.3, -0.25) is 9.48 Å². The molecule has 0 aliphatic carbocycles. The molecular formula is C21H20N4OS. The number of nitrogens with zero attached hydrogens (tertiary/aromatic N) is 3. The molecule has 6 heteroatoms. The molecule has 0 aliphatic heterocycles. The number of fused-ring (bicyclic) bond motifs is 1. The molecule has 3 aromatic heterocycles. The van der Waals surface area contributed by atoms with Gasteiger partial charge in [-0.1, -0.05) is 31.2 Å². The Morgan fingerprint density at radius 3 is 2.78 bits per heavy atom. The van der Waals surface area contributed by atoms with E-state index in [2.05, 4.69) is 17.3 Å². The molecule has 4 rings (SSSR count). The van der Waals surface area contributed by atoms with Crippen LogP contribution in [0.2, 0.25) is 0 Å². The number of carbonyl (C=O) groups is 1. The van der Waals surface area contributed by atoms with E-state index in [0.29, 0.717) is 11.2 Å². The summed E-state index contributed by atoms with van der Waals surface area (Å²) < 4.78 is 1.73. The molecule has 0 bridgehead atoms. The summed E-state index contributed by atoms with van der Waals surface area (Å²) in [5, 5.41) is 10.4. The van der Waals surface area contributed by atoms with Crippen LogP contribution in [0.1, 0.15) is 28.5 Å². The zero-order valence-electron chi connectivity index (χ0n) is 15.5. The molecule has 3 heterocycles. The second-order valence-electron chi connectivity index (χ2n) is 6.40. The van der Waals surface area contributed by atoms with Gasteiger partial charge < -0.3 is 5.32 Å². The van der Waals surface area contributed by atoms with E-state index in [1.807, 2.05) is 61.8 Å². The van der Waals surface area contributed by atoms with Crippen molar-refractivity contribution in [3.05, 3.63) is 64.7 Å². The molecule has 1 amide bonds. The summed E-state index contributed by atoms with van der Waals surface area (Å²) in [6.07, 6.45) is 0.856. The molecule has 0 fully saturated rings. The van der Waals surface area contributed by atoms with Gasteiger partial charge in [-0.25, -0.2) is 4.98 Å². The predicted octanol–water partition coefficient (Wildman–Crippen LogP) is 4.82. The third-order valence-electron chi connectivity index (χ3n) is 4.63. The molecule has 0 saturated carbocycles. The Balaban J connectivity index is 1.85. The van der Waals surface area contributed by atoms with Crippen molar-refractivity contribution in [3.8, 4) is 10.6 Å². The molecule has 0 spiro atoms. The molecule has 27 heavy (non-hydrogen) atoms. The van der Waals surface area contributed by atoms with E-state index in [4.69, 9.17) is 4.98 Å². The van der Waals surface area contributed by atoms with Gasteiger partial charge in [-0.15, -0.1) is 11.3 Å². The Kier molecular flexibility index (Phi) is 4.49. The zero-order chi connectivity index (χ0) is 19.0. The summed E-state index contributed by atoms with van der Waals surface area (Å²) in [7, 11) is 1.86. The number of pyridine rings is 1. The second kappa shape index (κ2) is 6.96. The van der Waals surface area contributed by atoms with Crippen LogP contribution in [-0.4, -0.2) is 20.7 Å². The number of aromatic nitrogens is 3. The lowest BCUT2D eigenvalue weighted by molar-refractivity contribution is 0.102. The number of hydrogen-bond acceptors (Lipinski definition) is 4. The van der Waals surface area contributed by atoms with Gasteiger partial charge in [0.25, 0.3) is 5.91 Å². The third kappa shape index (κ3) is 3.13. The molecule has 5 nitrogen and oxygen atoms in total. The SMILES string of the molecule is CCc1ccccc1NC(=O)c1cc(-c2cccs2)nc2c1c(C)nn2C. The quantitative estimate of drug-likeness (QED) is 0.555. The third-order valence-corrected chi connectivity index (χ3v) is 5.53. The average molecular weight is 376 g/mol. The van der Waals surface area contributed by atoms with Crippen molar-refractivity contribution in [1.82, 2.24) is 14.8 Å². The van der Waals surface area contributed by atoms with E-state index >= 15 is 0 Å². The van der Waals surface area contributed by atoms with Crippen molar-refractivity contribution in [2.24, 2.45) is 7.05 Å². The smallest absolute Gasteiger partial charge is 0.256 e. The first kappa shape index (κ1) is 17.4. The number of hydrogen-bond donors (Lipinski definition) is 1. The molecule has 1 N–H and O–H groups in total. The van der Waals surface area contributed by atoms with Crippen molar-refractivity contribution in [2.45, 2.75) is 20.3 Å². The number of aryl methyl sites for hydroxylation is 3. The van der Waals surface area contributed by atoms with Crippen LogP contribution in [0.4, 0.5) is 5.69 Å². The topological polar surface area (TPSA) is 59.8 Å². The van der Waals surface area contributed by atoms with E-state index < -0.39 is 0 Å². The van der Waals surface area contributed by atoms with E-state index in [-0.39, 0.29) is 5.91 Å². The summed E-state index contributed by atoms with van der Waals surface area (Å²) in [6, 6.07) is 13.7. The Bertz CT molecular complexity index is 1130. The summed E-state index contributed by atoms with van der Waals surface area (Å²) in [6.45, 7) is 3.99. The highest BCUT2D eigenvalue weighted by Gasteiger charge is 2.20. The minimum atomic E-state index is -0.141. The van der Waals surface area contributed by atoms with Crippen LogP contribution in [0.5, 0.6) is 0 Å². The molecule has 0 saturated heterocycles. The van der Waals surface area contributed by atoms with Crippen LogP contribution >= 0.6 is 11.3 Å². The van der Waals surface area contributed by atoms with Gasteiger partial charge in [0.05, 0.1) is 27.2 Å². The van der Waals surface area contributed by atoms with E-state index in [9.17, 15) is 4.79 Å². The Morgan fingerprint density at radius 1 is 1.22 bits per heavy atom. The van der Waals surface area contributed by atoms with Crippen LogP contribution < -0.4 is 5.32 Å². The van der Waals surface area contributed by atoms with Gasteiger partial charge in [0.1, 0.15) is 0 Å². The Hall–Kier alpha value is -2.99. The van der Waals surface area contributed by atoms with Gasteiger partial charge in [0.2, 0.25) is 0 Å². The number of nitrogens with one attached hydrogen (secondary N) is 1.